The predicted octanol–water partition coefficient (Wildman–Crippen LogP) is 5.72. The Morgan fingerprint density at radius 1 is 1.14 bits per heavy atom. The summed E-state index contributed by atoms with van der Waals surface area (Å²) in [6, 6.07) is 9.59. The number of piperidine rings is 1. The van der Waals surface area contributed by atoms with Crippen molar-refractivity contribution in [3.63, 3.8) is 0 Å². The van der Waals surface area contributed by atoms with Crippen molar-refractivity contribution in [2.75, 3.05) is 26.7 Å². The van der Waals surface area contributed by atoms with E-state index < -0.39 is 17.0 Å². The highest BCUT2D eigenvalue weighted by Gasteiger charge is 2.40. The van der Waals surface area contributed by atoms with Crippen LogP contribution in [0.1, 0.15) is 43.2 Å². The lowest BCUT2D eigenvalue weighted by atomic mass is 9.73. The van der Waals surface area contributed by atoms with E-state index in [-0.39, 0.29) is 11.5 Å². The molecule has 0 radical (unpaired) electrons. The molecule has 1 amide bonds. The van der Waals surface area contributed by atoms with Crippen LogP contribution >= 0.6 is 11.6 Å². The Kier molecular flexibility index (Phi) is 8.95. The van der Waals surface area contributed by atoms with E-state index in [4.69, 9.17) is 16.3 Å². The number of rotatable bonds is 10. The Hall–Kier alpha value is -2.81. The molecule has 1 aromatic heterocycles. The zero-order chi connectivity index (χ0) is 26.4. The summed E-state index contributed by atoms with van der Waals surface area (Å²) >= 11 is 6.50. The van der Waals surface area contributed by atoms with Gasteiger partial charge in [0, 0.05) is 17.1 Å². The predicted molar refractivity (Wildman–Crippen MR) is 139 cm³/mol. The first-order chi connectivity index (χ1) is 17.9. The van der Waals surface area contributed by atoms with Crippen LogP contribution in [0.2, 0.25) is 5.02 Å². The number of hydroxylamine groups is 1. The quantitative estimate of drug-likeness (QED) is 0.258. The molecule has 1 aliphatic rings. The average molecular weight is 532 g/mol. The minimum atomic E-state index is -0.685. The molecule has 0 saturated carbocycles. The summed E-state index contributed by atoms with van der Waals surface area (Å²) in [7, 11) is 1.61. The molecule has 37 heavy (non-hydrogen) atoms. The summed E-state index contributed by atoms with van der Waals surface area (Å²) < 4.78 is 33.2. The molecule has 2 aromatic carbocycles. The fourth-order valence-corrected chi connectivity index (χ4v) is 5.60. The van der Waals surface area contributed by atoms with Crippen LogP contribution in [0.4, 0.5) is 8.78 Å². The topological polar surface area (TPSA) is 74.7 Å². The van der Waals surface area contributed by atoms with Gasteiger partial charge in [0.15, 0.2) is 0 Å². The number of methoxy groups -OCH3 is 1. The summed E-state index contributed by atoms with van der Waals surface area (Å²) in [5.74, 6) is -0.678. The van der Waals surface area contributed by atoms with Gasteiger partial charge in [0.25, 0.3) is 0 Å². The third-order valence-electron chi connectivity index (χ3n) is 7.58. The Morgan fingerprint density at radius 2 is 1.84 bits per heavy atom. The summed E-state index contributed by atoms with van der Waals surface area (Å²) in [5.41, 5.74) is 3.10. The van der Waals surface area contributed by atoms with Crippen LogP contribution in [-0.4, -0.2) is 47.7 Å². The van der Waals surface area contributed by atoms with E-state index in [2.05, 4.69) is 9.88 Å². The molecule has 0 atom stereocenters. The maximum absolute atomic E-state index is 13.9. The highest BCUT2D eigenvalue weighted by Crippen LogP contribution is 2.38. The number of halogens is 3. The molecule has 3 aromatic rings. The molecule has 0 spiro atoms. The smallest absolute Gasteiger partial charge is 0.249 e. The number of hydrogen-bond donors (Lipinski definition) is 2. The molecule has 1 aliphatic heterocycles. The zero-order valence-electron chi connectivity index (χ0n) is 20.9. The molecule has 9 heteroatoms. The van der Waals surface area contributed by atoms with Crippen molar-refractivity contribution < 1.29 is 23.5 Å². The fraction of sp³-hybridized carbons (Fsp3) is 0.429. The number of aryl methyl sites for hydroxylation is 1. The number of nitrogens with one attached hydrogen (secondary N) is 1. The molecular formula is C28H32ClF2N3O3. The van der Waals surface area contributed by atoms with Crippen LogP contribution in [-0.2, 0) is 17.6 Å². The number of nitrogens with zero attached hydrogens (tertiary/aromatic N) is 2. The normalized spacial score (nSPS) is 15.6. The summed E-state index contributed by atoms with van der Waals surface area (Å²) in [6.45, 7) is 2.03. The number of likely N-dealkylation sites (tertiary alicyclic amines) is 1. The van der Waals surface area contributed by atoms with Crippen molar-refractivity contribution in [3.05, 3.63) is 70.4 Å². The Balaban J connectivity index is 1.36. The maximum atomic E-state index is 13.9. The lowest BCUT2D eigenvalue weighted by molar-refractivity contribution is -0.143. The molecule has 2 N–H and O–H groups in total. The highest BCUT2D eigenvalue weighted by molar-refractivity contribution is 6.32. The first-order valence-corrected chi connectivity index (χ1v) is 13.0. The van der Waals surface area contributed by atoms with Crippen LogP contribution in [0.5, 0.6) is 5.75 Å². The van der Waals surface area contributed by atoms with Crippen molar-refractivity contribution >= 4 is 28.4 Å². The van der Waals surface area contributed by atoms with Crippen molar-refractivity contribution in [1.82, 2.24) is 15.4 Å². The summed E-state index contributed by atoms with van der Waals surface area (Å²) in [5, 5.41) is 11.0. The van der Waals surface area contributed by atoms with Crippen molar-refractivity contribution in [3.8, 4) is 5.75 Å². The lowest BCUT2D eigenvalue weighted by Crippen LogP contribution is -2.48. The third-order valence-corrected chi connectivity index (χ3v) is 7.90. The molecule has 198 valence electrons. The van der Waals surface area contributed by atoms with Gasteiger partial charge in [0.1, 0.15) is 17.4 Å². The van der Waals surface area contributed by atoms with E-state index >= 15 is 0 Å². The zero-order valence-corrected chi connectivity index (χ0v) is 21.7. The first-order valence-electron chi connectivity index (χ1n) is 12.6. The van der Waals surface area contributed by atoms with Gasteiger partial charge in [0.2, 0.25) is 5.91 Å². The number of ether oxygens (including phenoxy) is 1. The molecule has 1 fully saturated rings. The Morgan fingerprint density at radius 3 is 2.51 bits per heavy atom. The number of pyridine rings is 1. The number of fused-ring (bicyclic) bond motifs is 1. The minimum absolute atomic E-state index is 0.119. The van der Waals surface area contributed by atoms with E-state index in [9.17, 15) is 18.8 Å². The van der Waals surface area contributed by atoms with Crippen LogP contribution in [0, 0.1) is 17.0 Å². The van der Waals surface area contributed by atoms with Gasteiger partial charge in [0.05, 0.1) is 23.1 Å². The minimum Gasteiger partial charge on any atom is -0.497 e. The van der Waals surface area contributed by atoms with E-state index in [0.29, 0.717) is 69.6 Å². The molecule has 6 nitrogen and oxygen atoms in total. The number of carbonyl (C=O) groups excluding carboxylic acids is 1. The Bertz CT molecular complexity index is 1230. The van der Waals surface area contributed by atoms with Crippen LogP contribution in [0.3, 0.4) is 0 Å². The lowest BCUT2D eigenvalue weighted by Gasteiger charge is -2.40. The number of aromatic nitrogens is 1. The molecule has 1 saturated heterocycles. The van der Waals surface area contributed by atoms with Crippen molar-refractivity contribution in [1.29, 1.82) is 0 Å². The number of benzene rings is 2. The van der Waals surface area contributed by atoms with Gasteiger partial charge in [-0.1, -0.05) is 17.7 Å². The fourth-order valence-electron chi connectivity index (χ4n) is 5.35. The van der Waals surface area contributed by atoms with Gasteiger partial charge >= 0.3 is 0 Å². The maximum Gasteiger partial charge on any atom is 0.249 e. The number of hydrogen-bond acceptors (Lipinski definition) is 5. The second-order valence-electron chi connectivity index (χ2n) is 9.69. The molecular weight excluding hydrogens is 500 g/mol. The van der Waals surface area contributed by atoms with E-state index in [0.717, 1.165) is 22.2 Å². The SMILES string of the molecule is COc1ccc2ncc(Cl)c(CCCC3(C(=O)NO)CCN(CCCc4c(F)cccc4F)CC3)c2c1. The van der Waals surface area contributed by atoms with Crippen LogP contribution in [0.15, 0.2) is 42.6 Å². The van der Waals surface area contributed by atoms with Gasteiger partial charge in [-0.3, -0.25) is 15.0 Å². The van der Waals surface area contributed by atoms with E-state index in [1.165, 1.54) is 18.2 Å². The number of carbonyl (C=O) groups is 1. The van der Waals surface area contributed by atoms with Crippen molar-refractivity contribution in [2.45, 2.75) is 44.9 Å². The Labute approximate surface area is 220 Å². The molecule has 4 rings (SSSR count). The van der Waals surface area contributed by atoms with E-state index in [1.807, 2.05) is 23.7 Å². The standard InChI is InChI=1S/C28H32ClF2N3O3/c1-37-19-9-10-26-22(17-19)20(23(29)18-32-26)5-3-11-28(27(35)33-36)12-15-34(16-13-28)14-4-6-21-24(30)7-2-8-25(21)31/h2,7-10,17-18,36H,3-6,11-16H2,1H3,(H,33,35). The number of amides is 1. The van der Waals surface area contributed by atoms with Gasteiger partial charge in [-0.05, 0) is 100 Å². The third kappa shape index (κ3) is 6.20. The monoisotopic (exact) mass is 531 g/mol. The average Bonchev–Trinajstić information content (AvgIpc) is 2.91. The second-order valence-corrected chi connectivity index (χ2v) is 10.1. The molecule has 2 heterocycles. The molecule has 0 aliphatic carbocycles. The van der Waals surface area contributed by atoms with Crippen LogP contribution in [0.25, 0.3) is 10.9 Å². The summed E-state index contributed by atoms with van der Waals surface area (Å²) in [6.07, 6.45) is 5.72. The van der Waals surface area contributed by atoms with Gasteiger partial charge in [-0.2, -0.15) is 0 Å². The molecule has 0 unspecified atom stereocenters. The largest absolute Gasteiger partial charge is 0.497 e. The highest BCUT2D eigenvalue weighted by atomic mass is 35.5. The second kappa shape index (κ2) is 12.2. The summed E-state index contributed by atoms with van der Waals surface area (Å²) in [4.78, 5) is 19.4. The van der Waals surface area contributed by atoms with Gasteiger partial charge in [-0.25, -0.2) is 14.3 Å². The first kappa shape index (κ1) is 27.2. The van der Waals surface area contributed by atoms with Gasteiger partial charge in [-0.15, -0.1) is 0 Å². The van der Waals surface area contributed by atoms with E-state index in [1.54, 1.807) is 13.3 Å². The van der Waals surface area contributed by atoms with Crippen LogP contribution < -0.4 is 10.2 Å². The van der Waals surface area contributed by atoms with Crippen molar-refractivity contribution in [2.24, 2.45) is 5.41 Å². The molecule has 0 bridgehead atoms. The van der Waals surface area contributed by atoms with Gasteiger partial charge < -0.3 is 9.64 Å².